The van der Waals surface area contributed by atoms with Crippen LogP contribution >= 0.6 is 0 Å². The molecule has 1 aromatic heterocycles. The van der Waals surface area contributed by atoms with Gasteiger partial charge in [-0.05, 0) is 12.1 Å². The molecule has 0 saturated heterocycles. The second-order valence-corrected chi connectivity index (χ2v) is 4.19. The number of benzene rings is 1. The van der Waals surface area contributed by atoms with Crippen molar-refractivity contribution in [2.45, 2.75) is 0 Å². The number of hydrogen-bond donors (Lipinski definition) is 2. The van der Waals surface area contributed by atoms with Crippen LogP contribution in [0.4, 0.5) is 17.5 Å². The largest absolute Gasteiger partial charge is 0.439 e. The van der Waals surface area contributed by atoms with Crippen molar-refractivity contribution in [3.05, 3.63) is 30.3 Å². The summed E-state index contributed by atoms with van der Waals surface area (Å²) in [4.78, 5) is 10.0. The summed E-state index contributed by atoms with van der Waals surface area (Å²) in [5.74, 6) is 1.90. The van der Waals surface area contributed by atoms with E-state index in [0.717, 1.165) is 5.69 Å². The Labute approximate surface area is 112 Å². The molecule has 2 rings (SSSR count). The summed E-state index contributed by atoms with van der Waals surface area (Å²) in [6, 6.07) is 9.41. The Morgan fingerprint density at radius 2 is 2.00 bits per heavy atom. The van der Waals surface area contributed by atoms with Crippen molar-refractivity contribution in [1.82, 2.24) is 9.97 Å². The van der Waals surface area contributed by atoms with Crippen molar-refractivity contribution < 1.29 is 4.74 Å². The van der Waals surface area contributed by atoms with Gasteiger partial charge in [-0.1, -0.05) is 6.07 Å². The summed E-state index contributed by atoms with van der Waals surface area (Å²) in [6.45, 7) is 0. The highest BCUT2D eigenvalue weighted by Gasteiger charge is 2.05. The van der Waals surface area contributed by atoms with Gasteiger partial charge in [-0.25, -0.2) is 0 Å². The molecule has 0 aliphatic rings. The van der Waals surface area contributed by atoms with Crippen LogP contribution in [-0.2, 0) is 0 Å². The van der Waals surface area contributed by atoms with Crippen molar-refractivity contribution in [2.75, 3.05) is 37.1 Å². The Morgan fingerprint density at radius 1 is 1.21 bits per heavy atom. The molecule has 0 fully saturated rings. The SMILES string of the molecule is CNc1cc(Oc2cccc(N(C)C)c2)nc(N)n1. The van der Waals surface area contributed by atoms with Gasteiger partial charge in [0, 0.05) is 39.0 Å². The topological polar surface area (TPSA) is 76.3 Å². The van der Waals surface area contributed by atoms with Crippen LogP contribution in [0.3, 0.4) is 0 Å². The molecule has 19 heavy (non-hydrogen) atoms. The van der Waals surface area contributed by atoms with Gasteiger partial charge in [-0.15, -0.1) is 0 Å². The van der Waals surface area contributed by atoms with Crippen LogP contribution in [0.25, 0.3) is 0 Å². The van der Waals surface area contributed by atoms with Crippen molar-refractivity contribution in [3.8, 4) is 11.6 Å². The van der Waals surface area contributed by atoms with E-state index in [0.29, 0.717) is 17.4 Å². The van der Waals surface area contributed by atoms with Crippen LogP contribution in [0.5, 0.6) is 11.6 Å². The normalized spacial score (nSPS) is 10.1. The van der Waals surface area contributed by atoms with Gasteiger partial charge in [0.05, 0.1) is 0 Å². The molecule has 2 aromatic rings. The molecular weight excluding hydrogens is 242 g/mol. The average Bonchev–Trinajstić information content (AvgIpc) is 2.38. The molecule has 0 atom stereocenters. The maximum atomic E-state index is 5.69. The number of nitrogens with zero attached hydrogens (tertiary/aromatic N) is 3. The Bertz CT molecular complexity index is 571. The zero-order valence-electron chi connectivity index (χ0n) is 11.2. The first kappa shape index (κ1) is 12.9. The van der Waals surface area contributed by atoms with Crippen molar-refractivity contribution >= 4 is 17.5 Å². The first-order chi connectivity index (χ1) is 9.08. The van der Waals surface area contributed by atoms with Crippen LogP contribution < -0.4 is 20.7 Å². The van der Waals surface area contributed by atoms with Gasteiger partial charge in [-0.2, -0.15) is 9.97 Å². The van der Waals surface area contributed by atoms with Crippen molar-refractivity contribution in [3.63, 3.8) is 0 Å². The highest BCUT2D eigenvalue weighted by atomic mass is 16.5. The summed E-state index contributed by atoms with van der Waals surface area (Å²) in [7, 11) is 5.71. The lowest BCUT2D eigenvalue weighted by Crippen LogP contribution is -2.08. The Hall–Kier alpha value is -2.50. The van der Waals surface area contributed by atoms with E-state index in [4.69, 9.17) is 10.5 Å². The predicted octanol–water partition coefficient (Wildman–Crippen LogP) is 1.96. The zero-order valence-corrected chi connectivity index (χ0v) is 11.2. The number of nitrogen functional groups attached to an aromatic ring is 1. The van der Waals surface area contributed by atoms with E-state index in [1.54, 1.807) is 13.1 Å². The molecule has 0 unspecified atom stereocenters. The van der Waals surface area contributed by atoms with Gasteiger partial charge in [0.2, 0.25) is 11.8 Å². The number of nitrogens with one attached hydrogen (secondary N) is 1. The van der Waals surface area contributed by atoms with E-state index in [1.165, 1.54) is 0 Å². The van der Waals surface area contributed by atoms with Crippen LogP contribution in [0, 0.1) is 0 Å². The van der Waals surface area contributed by atoms with Crippen LogP contribution in [-0.4, -0.2) is 31.1 Å². The maximum absolute atomic E-state index is 5.69. The van der Waals surface area contributed by atoms with Gasteiger partial charge < -0.3 is 20.7 Å². The average molecular weight is 259 g/mol. The lowest BCUT2D eigenvalue weighted by atomic mass is 10.3. The third kappa shape index (κ3) is 3.25. The summed E-state index contributed by atoms with van der Waals surface area (Å²) >= 11 is 0. The molecule has 0 radical (unpaired) electrons. The summed E-state index contributed by atoms with van der Waals surface area (Å²) in [5, 5.41) is 2.90. The minimum Gasteiger partial charge on any atom is -0.439 e. The first-order valence-corrected chi connectivity index (χ1v) is 5.86. The Morgan fingerprint density at radius 3 is 2.68 bits per heavy atom. The van der Waals surface area contributed by atoms with Crippen molar-refractivity contribution in [1.29, 1.82) is 0 Å². The predicted molar refractivity (Wildman–Crippen MR) is 76.8 cm³/mol. The molecule has 0 aliphatic heterocycles. The molecule has 3 N–H and O–H groups in total. The van der Waals surface area contributed by atoms with Crippen LogP contribution in [0.1, 0.15) is 0 Å². The Kier molecular flexibility index (Phi) is 3.70. The molecule has 0 bridgehead atoms. The van der Waals surface area contributed by atoms with Gasteiger partial charge in [0.15, 0.2) is 0 Å². The van der Waals surface area contributed by atoms with Gasteiger partial charge in [0.25, 0.3) is 0 Å². The summed E-state index contributed by atoms with van der Waals surface area (Å²) in [5.41, 5.74) is 6.67. The second kappa shape index (κ2) is 5.43. The molecule has 0 spiro atoms. The quantitative estimate of drug-likeness (QED) is 0.874. The Balaban J connectivity index is 2.25. The highest BCUT2D eigenvalue weighted by molar-refractivity contribution is 5.50. The lowest BCUT2D eigenvalue weighted by Gasteiger charge is -2.13. The molecule has 0 aliphatic carbocycles. The fraction of sp³-hybridized carbons (Fsp3) is 0.231. The minimum atomic E-state index is 0.172. The fourth-order valence-electron chi connectivity index (χ4n) is 1.57. The van der Waals surface area contributed by atoms with Crippen LogP contribution in [0.2, 0.25) is 0 Å². The molecule has 1 aromatic carbocycles. The standard InChI is InChI=1S/C13H17N5O/c1-15-11-8-12(17-13(14)16-11)19-10-6-4-5-9(7-10)18(2)3/h4-8H,1-3H3,(H3,14,15,16,17). The summed E-state index contributed by atoms with van der Waals surface area (Å²) in [6.07, 6.45) is 0. The van der Waals surface area contributed by atoms with Gasteiger partial charge in [-0.3, -0.25) is 0 Å². The van der Waals surface area contributed by atoms with E-state index in [2.05, 4.69) is 15.3 Å². The molecular formula is C13H17N5O. The highest BCUT2D eigenvalue weighted by Crippen LogP contribution is 2.25. The molecule has 6 nitrogen and oxygen atoms in total. The molecule has 6 heteroatoms. The minimum absolute atomic E-state index is 0.172. The summed E-state index contributed by atoms with van der Waals surface area (Å²) < 4.78 is 5.69. The monoisotopic (exact) mass is 259 g/mol. The third-order valence-electron chi connectivity index (χ3n) is 2.53. The van der Waals surface area contributed by atoms with E-state index in [-0.39, 0.29) is 5.95 Å². The molecule has 100 valence electrons. The fourth-order valence-corrected chi connectivity index (χ4v) is 1.57. The number of rotatable bonds is 4. The molecule has 1 heterocycles. The number of ether oxygens (including phenoxy) is 1. The first-order valence-electron chi connectivity index (χ1n) is 5.86. The second-order valence-electron chi connectivity index (χ2n) is 4.19. The number of nitrogens with two attached hydrogens (primary N) is 1. The van der Waals surface area contributed by atoms with E-state index in [1.807, 2.05) is 43.3 Å². The number of hydrogen-bond acceptors (Lipinski definition) is 6. The number of anilines is 3. The molecule has 0 saturated carbocycles. The zero-order chi connectivity index (χ0) is 13.8. The van der Waals surface area contributed by atoms with E-state index < -0.39 is 0 Å². The smallest absolute Gasteiger partial charge is 0.226 e. The van der Waals surface area contributed by atoms with E-state index >= 15 is 0 Å². The third-order valence-corrected chi connectivity index (χ3v) is 2.53. The lowest BCUT2D eigenvalue weighted by molar-refractivity contribution is 0.463. The maximum Gasteiger partial charge on any atom is 0.226 e. The van der Waals surface area contributed by atoms with Crippen LogP contribution in [0.15, 0.2) is 30.3 Å². The number of aromatic nitrogens is 2. The molecule has 0 amide bonds. The van der Waals surface area contributed by atoms with Gasteiger partial charge in [0.1, 0.15) is 11.6 Å². The van der Waals surface area contributed by atoms with Crippen molar-refractivity contribution in [2.24, 2.45) is 0 Å². The van der Waals surface area contributed by atoms with Gasteiger partial charge >= 0.3 is 0 Å². The van der Waals surface area contributed by atoms with E-state index in [9.17, 15) is 0 Å².